The van der Waals surface area contributed by atoms with E-state index in [4.69, 9.17) is 11.6 Å². The summed E-state index contributed by atoms with van der Waals surface area (Å²) in [5.41, 5.74) is 8.86. The molecule has 3 aromatic rings. The second-order valence-corrected chi connectivity index (χ2v) is 7.92. The molecule has 3 N–H and O–H groups in total. The summed E-state index contributed by atoms with van der Waals surface area (Å²) < 4.78 is 0. The number of anilines is 2. The summed E-state index contributed by atoms with van der Waals surface area (Å²) in [5.74, 6) is -1.61. The van der Waals surface area contributed by atoms with E-state index in [-0.39, 0.29) is 6.54 Å². The van der Waals surface area contributed by atoms with Gasteiger partial charge in [-0.2, -0.15) is 5.10 Å². The number of carbonyl (C=O) groups excluding carboxylic acids is 2. The summed E-state index contributed by atoms with van der Waals surface area (Å²) in [6.07, 6.45) is 1.45. The highest BCUT2D eigenvalue weighted by atomic mass is 35.5. The molecule has 0 aliphatic heterocycles. The summed E-state index contributed by atoms with van der Waals surface area (Å²) in [7, 11) is 0. The van der Waals surface area contributed by atoms with Crippen molar-refractivity contribution in [2.24, 2.45) is 5.10 Å². The van der Waals surface area contributed by atoms with Crippen molar-refractivity contribution in [3.63, 3.8) is 0 Å². The van der Waals surface area contributed by atoms with Crippen LogP contribution in [0.3, 0.4) is 0 Å². The molecule has 7 heteroatoms. The molecule has 0 aliphatic rings. The van der Waals surface area contributed by atoms with Crippen LogP contribution in [0.5, 0.6) is 0 Å². The van der Waals surface area contributed by atoms with Crippen molar-refractivity contribution >= 4 is 41.0 Å². The lowest BCUT2D eigenvalue weighted by Crippen LogP contribution is -2.37. The lowest BCUT2D eigenvalue weighted by atomic mass is 10.1. The first kappa shape index (κ1) is 23.0. The van der Waals surface area contributed by atoms with Crippen LogP contribution in [0.1, 0.15) is 27.8 Å². The number of aryl methyl sites for hydroxylation is 3. The van der Waals surface area contributed by atoms with E-state index in [9.17, 15) is 9.59 Å². The minimum Gasteiger partial charge on any atom is -0.355 e. The molecule has 3 rings (SSSR count). The van der Waals surface area contributed by atoms with Gasteiger partial charge in [-0.25, -0.2) is 5.43 Å². The molecule has 0 heterocycles. The minimum atomic E-state index is -0.846. The van der Waals surface area contributed by atoms with E-state index in [0.717, 1.165) is 33.6 Å². The van der Waals surface area contributed by atoms with Crippen LogP contribution in [0.4, 0.5) is 11.4 Å². The van der Waals surface area contributed by atoms with Crippen LogP contribution < -0.4 is 16.1 Å². The number of hydrogen-bond acceptors (Lipinski definition) is 4. The number of hydrazone groups is 1. The number of nitrogens with one attached hydrogen (secondary N) is 3. The number of carbonyl (C=O) groups is 2. The van der Waals surface area contributed by atoms with Crippen molar-refractivity contribution in [1.82, 2.24) is 10.7 Å². The fourth-order valence-electron chi connectivity index (χ4n) is 3.05. The largest absolute Gasteiger partial charge is 0.355 e. The molecule has 164 valence electrons. The van der Waals surface area contributed by atoms with Crippen molar-refractivity contribution in [2.45, 2.75) is 27.3 Å². The molecule has 0 aliphatic carbocycles. The molecule has 3 aromatic carbocycles. The van der Waals surface area contributed by atoms with Crippen molar-refractivity contribution in [3.05, 3.63) is 93.5 Å². The van der Waals surface area contributed by atoms with Gasteiger partial charge in [-0.3, -0.25) is 9.59 Å². The summed E-state index contributed by atoms with van der Waals surface area (Å²) in [6, 6.07) is 19.1. The normalized spacial score (nSPS) is 10.8. The Balaban J connectivity index is 1.65. The third kappa shape index (κ3) is 6.18. The number of nitrogens with zero attached hydrogens (tertiary/aromatic N) is 1. The van der Waals surface area contributed by atoms with E-state index in [2.05, 4.69) is 21.2 Å². The highest BCUT2D eigenvalue weighted by Crippen LogP contribution is 2.26. The standard InChI is InChI=1S/C25H25ClN4O2/c1-16-8-9-18(3)23(12-16)29-22-11-10-21(26)13-20(22)15-28-30-25(32)24(31)27-14-19-7-5-4-6-17(19)2/h4-13,15,29H,14H2,1-3H3,(H,27,31)(H,30,32)/b28-15-. The van der Waals surface area contributed by atoms with Crippen LogP contribution in [-0.2, 0) is 16.1 Å². The molecule has 0 saturated heterocycles. The van der Waals surface area contributed by atoms with Gasteiger partial charge in [0.1, 0.15) is 0 Å². The molecule has 0 atom stereocenters. The van der Waals surface area contributed by atoms with E-state index >= 15 is 0 Å². The van der Waals surface area contributed by atoms with Crippen molar-refractivity contribution in [1.29, 1.82) is 0 Å². The summed E-state index contributed by atoms with van der Waals surface area (Å²) in [4.78, 5) is 24.2. The van der Waals surface area contributed by atoms with Crippen LogP contribution in [0.2, 0.25) is 5.02 Å². The van der Waals surface area contributed by atoms with Gasteiger partial charge in [-0.05, 0) is 67.3 Å². The van der Waals surface area contributed by atoms with Gasteiger partial charge in [0.05, 0.1) is 6.21 Å². The Kier molecular flexibility index (Phi) is 7.63. The Morgan fingerprint density at radius 1 is 0.906 bits per heavy atom. The molecule has 6 nitrogen and oxygen atoms in total. The predicted octanol–water partition coefficient (Wildman–Crippen LogP) is 4.78. The maximum Gasteiger partial charge on any atom is 0.329 e. The van der Waals surface area contributed by atoms with Crippen LogP contribution >= 0.6 is 11.6 Å². The summed E-state index contributed by atoms with van der Waals surface area (Å²) in [6.45, 7) is 6.25. The molecule has 0 radical (unpaired) electrons. The van der Waals surface area contributed by atoms with Gasteiger partial charge in [0, 0.05) is 28.5 Å². The maximum absolute atomic E-state index is 12.1. The number of halogens is 1. The number of hydrogen-bond donors (Lipinski definition) is 3. The van der Waals surface area contributed by atoms with Crippen LogP contribution in [0, 0.1) is 20.8 Å². The zero-order valence-corrected chi connectivity index (χ0v) is 19.0. The van der Waals surface area contributed by atoms with Crippen molar-refractivity contribution in [3.8, 4) is 0 Å². The Labute approximate surface area is 192 Å². The van der Waals surface area contributed by atoms with E-state index in [0.29, 0.717) is 10.6 Å². The fourth-order valence-corrected chi connectivity index (χ4v) is 3.23. The van der Waals surface area contributed by atoms with Gasteiger partial charge in [-0.1, -0.05) is 48.0 Å². The molecule has 0 fully saturated rings. The molecule has 2 amide bonds. The van der Waals surface area contributed by atoms with Crippen LogP contribution in [0.15, 0.2) is 65.8 Å². The van der Waals surface area contributed by atoms with E-state index < -0.39 is 11.8 Å². The zero-order chi connectivity index (χ0) is 23.1. The second kappa shape index (κ2) is 10.6. The lowest BCUT2D eigenvalue weighted by Gasteiger charge is -2.13. The first-order valence-corrected chi connectivity index (χ1v) is 10.5. The average molecular weight is 449 g/mol. The number of rotatable bonds is 6. The lowest BCUT2D eigenvalue weighted by molar-refractivity contribution is -0.139. The predicted molar refractivity (Wildman–Crippen MR) is 129 cm³/mol. The highest BCUT2D eigenvalue weighted by Gasteiger charge is 2.12. The zero-order valence-electron chi connectivity index (χ0n) is 18.2. The number of benzene rings is 3. The van der Waals surface area contributed by atoms with Crippen LogP contribution in [-0.4, -0.2) is 18.0 Å². The summed E-state index contributed by atoms with van der Waals surface area (Å²) >= 11 is 6.14. The molecule has 0 unspecified atom stereocenters. The first-order chi connectivity index (χ1) is 15.3. The van der Waals surface area contributed by atoms with E-state index in [1.165, 1.54) is 6.21 Å². The Bertz CT molecular complexity index is 1170. The van der Waals surface area contributed by atoms with Gasteiger partial charge in [-0.15, -0.1) is 0 Å². The fraction of sp³-hybridized carbons (Fsp3) is 0.160. The Hall–Kier alpha value is -3.64. The first-order valence-electron chi connectivity index (χ1n) is 10.1. The molecule has 0 saturated carbocycles. The molecular weight excluding hydrogens is 424 g/mol. The topological polar surface area (TPSA) is 82.6 Å². The van der Waals surface area contributed by atoms with Gasteiger partial charge in [0.25, 0.3) is 0 Å². The minimum absolute atomic E-state index is 0.265. The van der Waals surface area contributed by atoms with Gasteiger partial charge >= 0.3 is 11.8 Å². The van der Waals surface area contributed by atoms with Crippen molar-refractivity contribution < 1.29 is 9.59 Å². The smallest absolute Gasteiger partial charge is 0.329 e. The average Bonchev–Trinajstić information content (AvgIpc) is 2.77. The third-order valence-corrected chi connectivity index (χ3v) is 5.19. The molecular formula is C25H25ClN4O2. The van der Waals surface area contributed by atoms with Gasteiger partial charge in [0.15, 0.2) is 0 Å². The van der Waals surface area contributed by atoms with E-state index in [1.807, 2.05) is 69.3 Å². The molecule has 32 heavy (non-hydrogen) atoms. The Morgan fingerprint density at radius 3 is 2.47 bits per heavy atom. The third-order valence-electron chi connectivity index (χ3n) is 4.95. The quantitative estimate of drug-likeness (QED) is 0.288. The maximum atomic E-state index is 12.1. The van der Waals surface area contributed by atoms with Gasteiger partial charge < -0.3 is 10.6 Å². The summed E-state index contributed by atoms with van der Waals surface area (Å²) in [5, 5.41) is 10.4. The van der Waals surface area contributed by atoms with E-state index in [1.54, 1.807) is 12.1 Å². The molecule has 0 bridgehead atoms. The Morgan fingerprint density at radius 2 is 1.69 bits per heavy atom. The molecule has 0 aromatic heterocycles. The molecule has 0 spiro atoms. The highest BCUT2D eigenvalue weighted by molar-refractivity contribution is 6.35. The number of amides is 2. The SMILES string of the molecule is Cc1ccc(C)c(Nc2ccc(Cl)cc2/C=N\NC(=O)C(=O)NCc2ccccc2C)c1. The van der Waals surface area contributed by atoms with Crippen molar-refractivity contribution in [2.75, 3.05) is 5.32 Å². The second-order valence-electron chi connectivity index (χ2n) is 7.48. The monoisotopic (exact) mass is 448 g/mol. The van der Waals surface area contributed by atoms with Crippen LogP contribution in [0.25, 0.3) is 0 Å². The van der Waals surface area contributed by atoms with Gasteiger partial charge in [0.2, 0.25) is 0 Å².